The number of nitrogens with zero attached hydrogens (tertiary/aromatic N) is 1. The van der Waals surface area contributed by atoms with Crippen molar-refractivity contribution in [2.24, 2.45) is 0 Å². The Morgan fingerprint density at radius 2 is 2.50 bits per heavy atom. The molecule has 76 valence electrons. The fourth-order valence-corrected chi connectivity index (χ4v) is 2.49. The minimum atomic E-state index is 0.526. The molecular weight excluding hydrogens is 212 g/mol. The summed E-state index contributed by atoms with van der Waals surface area (Å²) < 4.78 is 0. The van der Waals surface area contributed by atoms with E-state index in [2.05, 4.69) is 24.6 Å². The number of thioether (sulfide) groups is 1. The van der Waals surface area contributed by atoms with Crippen LogP contribution in [0.25, 0.3) is 0 Å². The fraction of sp³-hybridized carbons (Fsp3) is 0.500. The highest BCUT2D eigenvalue weighted by molar-refractivity contribution is 7.98. The molecule has 0 saturated heterocycles. The molecule has 0 aliphatic carbocycles. The first-order valence-electron chi connectivity index (χ1n) is 4.46. The van der Waals surface area contributed by atoms with Crippen molar-refractivity contribution in [2.75, 3.05) is 12.0 Å². The largest absolute Gasteiger partial charge is 0.309 e. The summed E-state index contributed by atoms with van der Waals surface area (Å²) in [6.45, 7) is 3.05. The molecule has 0 aliphatic rings. The summed E-state index contributed by atoms with van der Waals surface area (Å²) in [5.74, 6) is 1.12. The molecule has 1 N–H and O–H groups in total. The fourth-order valence-electron chi connectivity index (χ4n) is 1.12. The van der Waals surface area contributed by atoms with Crippen molar-refractivity contribution in [3.8, 4) is 6.07 Å². The van der Waals surface area contributed by atoms with Crippen LogP contribution in [0.1, 0.15) is 17.4 Å². The third kappa shape index (κ3) is 3.70. The molecule has 0 aromatic carbocycles. The zero-order valence-corrected chi connectivity index (χ0v) is 10.0. The summed E-state index contributed by atoms with van der Waals surface area (Å²) in [4.78, 5) is 1.23. The van der Waals surface area contributed by atoms with E-state index in [-0.39, 0.29) is 0 Å². The van der Waals surface area contributed by atoms with Gasteiger partial charge in [-0.2, -0.15) is 17.0 Å². The van der Waals surface area contributed by atoms with E-state index in [0.29, 0.717) is 6.04 Å². The van der Waals surface area contributed by atoms with Crippen molar-refractivity contribution in [2.45, 2.75) is 19.5 Å². The van der Waals surface area contributed by atoms with Crippen LogP contribution < -0.4 is 5.32 Å². The van der Waals surface area contributed by atoms with Gasteiger partial charge in [-0.15, -0.1) is 11.3 Å². The van der Waals surface area contributed by atoms with Gasteiger partial charge in [-0.25, -0.2) is 0 Å². The van der Waals surface area contributed by atoms with E-state index >= 15 is 0 Å². The Hall–Kier alpha value is -0.500. The topological polar surface area (TPSA) is 35.8 Å². The van der Waals surface area contributed by atoms with E-state index in [9.17, 15) is 0 Å². The number of nitrogens with one attached hydrogen (secondary N) is 1. The molecular formula is C10H14N2S2. The molecule has 1 unspecified atom stereocenters. The number of thiophene rings is 1. The first kappa shape index (κ1) is 11.6. The van der Waals surface area contributed by atoms with Crippen LogP contribution in [0, 0.1) is 11.3 Å². The standard InChI is InChI=1S/C10H14N2S2/c1-8(6-13-2)12-5-10-3-9(4-11)7-14-10/h3,7-8,12H,5-6H2,1-2H3. The first-order chi connectivity index (χ1) is 6.76. The second-order valence-corrected chi connectivity index (χ2v) is 5.06. The van der Waals surface area contributed by atoms with E-state index in [1.165, 1.54) is 4.88 Å². The molecule has 0 fully saturated rings. The van der Waals surface area contributed by atoms with Crippen LogP contribution in [0.2, 0.25) is 0 Å². The lowest BCUT2D eigenvalue weighted by Crippen LogP contribution is -2.27. The Morgan fingerprint density at radius 3 is 3.07 bits per heavy atom. The lowest BCUT2D eigenvalue weighted by Gasteiger charge is -2.10. The quantitative estimate of drug-likeness (QED) is 0.838. The van der Waals surface area contributed by atoms with Gasteiger partial charge in [0.25, 0.3) is 0 Å². The van der Waals surface area contributed by atoms with Crippen LogP contribution in [-0.2, 0) is 6.54 Å². The van der Waals surface area contributed by atoms with Crippen LogP contribution in [0.15, 0.2) is 11.4 Å². The van der Waals surface area contributed by atoms with Crippen LogP contribution in [-0.4, -0.2) is 18.1 Å². The van der Waals surface area contributed by atoms with Crippen molar-refractivity contribution >= 4 is 23.1 Å². The lowest BCUT2D eigenvalue weighted by molar-refractivity contribution is 0.600. The molecule has 14 heavy (non-hydrogen) atoms. The van der Waals surface area contributed by atoms with Gasteiger partial charge in [0.1, 0.15) is 6.07 Å². The van der Waals surface area contributed by atoms with E-state index in [1.807, 2.05) is 23.2 Å². The van der Waals surface area contributed by atoms with Crippen LogP contribution in [0.5, 0.6) is 0 Å². The van der Waals surface area contributed by atoms with E-state index < -0.39 is 0 Å². The highest BCUT2D eigenvalue weighted by Crippen LogP contribution is 2.13. The number of hydrogen-bond donors (Lipinski definition) is 1. The summed E-state index contributed by atoms with van der Waals surface area (Å²) in [5.41, 5.74) is 0.768. The monoisotopic (exact) mass is 226 g/mol. The minimum Gasteiger partial charge on any atom is -0.309 e. The molecule has 1 atom stereocenters. The van der Waals surface area contributed by atoms with E-state index in [4.69, 9.17) is 5.26 Å². The molecule has 2 nitrogen and oxygen atoms in total. The van der Waals surface area contributed by atoms with Gasteiger partial charge in [0.05, 0.1) is 5.56 Å². The SMILES string of the molecule is CSCC(C)NCc1cc(C#N)cs1. The highest BCUT2D eigenvalue weighted by Gasteiger charge is 2.02. The third-order valence-corrected chi connectivity index (χ3v) is 3.59. The maximum absolute atomic E-state index is 8.65. The Kier molecular flexibility index (Phi) is 5.02. The summed E-state index contributed by atoms with van der Waals surface area (Å²) in [5, 5.41) is 14.0. The van der Waals surface area contributed by atoms with Crippen LogP contribution in [0.3, 0.4) is 0 Å². The summed E-state index contributed by atoms with van der Waals surface area (Å²) in [7, 11) is 0. The van der Waals surface area contributed by atoms with Crippen LogP contribution in [0.4, 0.5) is 0 Å². The Balaban J connectivity index is 2.35. The van der Waals surface area contributed by atoms with E-state index in [0.717, 1.165) is 17.9 Å². The molecule has 0 spiro atoms. The van der Waals surface area contributed by atoms with Gasteiger partial charge in [0, 0.05) is 28.6 Å². The predicted octanol–water partition coefficient (Wildman–Crippen LogP) is 2.46. The molecule has 0 bridgehead atoms. The zero-order chi connectivity index (χ0) is 10.4. The Bertz CT molecular complexity index is 314. The molecule has 1 rings (SSSR count). The van der Waals surface area contributed by atoms with Crippen molar-refractivity contribution < 1.29 is 0 Å². The van der Waals surface area contributed by atoms with Crippen molar-refractivity contribution in [1.29, 1.82) is 5.26 Å². The molecule has 0 amide bonds. The normalized spacial score (nSPS) is 12.4. The summed E-state index contributed by atoms with van der Waals surface area (Å²) in [6, 6.07) is 4.61. The number of nitriles is 1. The van der Waals surface area contributed by atoms with Gasteiger partial charge in [-0.3, -0.25) is 0 Å². The maximum Gasteiger partial charge on any atom is 0.100 e. The van der Waals surface area contributed by atoms with Gasteiger partial charge >= 0.3 is 0 Å². The third-order valence-electron chi connectivity index (χ3n) is 1.82. The van der Waals surface area contributed by atoms with Gasteiger partial charge < -0.3 is 5.32 Å². The summed E-state index contributed by atoms with van der Waals surface area (Å²) >= 11 is 3.49. The highest BCUT2D eigenvalue weighted by atomic mass is 32.2. The average molecular weight is 226 g/mol. The average Bonchev–Trinajstić information content (AvgIpc) is 2.63. The van der Waals surface area contributed by atoms with Crippen molar-refractivity contribution in [1.82, 2.24) is 5.32 Å². The van der Waals surface area contributed by atoms with Gasteiger partial charge in [-0.1, -0.05) is 0 Å². The molecule has 0 saturated carbocycles. The predicted molar refractivity (Wildman–Crippen MR) is 63.7 cm³/mol. The second kappa shape index (κ2) is 6.07. The molecule has 0 radical (unpaired) electrons. The molecule has 0 aliphatic heterocycles. The molecule has 1 aromatic heterocycles. The zero-order valence-electron chi connectivity index (χ0n) is 8.41. The first-order valence-corrected chi connectivity index (χ1v) is 6.73. The Labute approximate surface area is 93.3 Å². The number of rotatable bonds is 5. The minimum absolute atomic E-state index is 0.526. The van der Waals surface area contributed by atoms with Gasteiger partial charge in [0.15, 0.2) is 0 Å². The van der Waals surface area contributed by atoms with Gasteiger partial charge in [-0.05, 0) is 19.2 Å². The lowest BCUT2D eigenvalue weighted by atomic mass is 10.3. The van der Waals surface area contributed by atoms with E-state index in [1.54, 1.807) is 11.3 Å². The molecule has 1 heterocycles. The smallest absolute Gasteiger partial charge is 0.100 e. The summed E-state index contributed by atoms with van der Waals surface area (Å²) in [6.07, 6.45) is 2.11. The molecule has 1 aromatic rings. The number of hydrogen-bond acceptors (Lipinski definition) is 4. The van der Waals surface area contributed by atoms with Crippen molar-refractivity contribution in [3.05, 3.63) is 21.9 Å². The molecule has 4 heteroatoms. The van der Waals surface area contributed by atoms with Crippen molar-refractivity contribution in [3.63, 3.8) is 0 Å². The second-order valence-electron chi connectivity index (χ2n) is 3.15. The Morgan fingerprint density at radius 1 is 1.71 bits per heavy atom. The van der Waals surface area contributed by atoms with Gasteiger partial charge in [0.2, 0.25) is 0 Å². The van der Waals surface area contributed by atoms with Crippen LogP contribution >= 0.6 is 23.1 Å². The maximum atomic E-state index is 8.65.